The van der Waals surface area contributed by atoms with E-state index >= 15 is 0 Å². The first kappa shape index (κ1) is 61.6. The van der Waals surface area contributed by atoms with Gasteiger partial charge in [0.15, 0.2) is 0 Å². The van der Waals surface area contributed by atoms with Crippen LogP contribution in [0.3, 0.4) is 0 Å². The predicted molar refractivity (Wildman–Crippen MR) is 338 cm³/mol. The van der Waals surface area contributed by atoms with Gasteiger partial charge in [-0.1, -0.05) is 165 Å². The molecule has 0 bridgehead atoms. The van der Waals surface area contributed by atoms with Crippen LogP contribution in [0, 0.1) is 39.5 Å². The predicted octanol–water partition coefficient (Wildman–Crippen LogP) is 20.7. The summed E-state index contributed by atoms with van der Waals surface area (Å²) in [7, 11) is 0. The number of aromatic nitrogens is 2. The molecule has 0 saturated heterocycles. The van der Waals surface area contributed by atoms with Crippen molar-refractivity contribution < 1.29 is 45.5 Å². The number of rotatable bonds is 14. The van der Waals surface area contributed by atoms with E-state index in [9.17, 15) is 10.2 Å². The van der Waals surface area contributed by atoms with Crippen molar-refractivity contribution in [1.82, 2.24) is 9.13 Å². The molecular weight excluding hydrogens is 1190 g/mol. The minimum atomic E-state index is -0.272. The van der Waals surface area contributed by atoms with Gasteiger partial charge in [0.05, 0.1) is 46.7 Å². The van der Waals surface area contributed by atoms with Crippen molar-refractivity contribution in [3.63, 3.8) is 0 Å². The summed E-state index contributed by atoms with van der Waals surface area (Å²) in [5.74, 6) is 1.57. The Morgan fingerprint density at radius 1 is 0.425 bits per heavy atom. The molecular formula is C71H78Cl2HfN2O4-2. The third-order valence-corrected chi connectivity index (χ3v) is 15.6. The van der Waals surface area contributed by atoms with Gasteiger partial charge < -0.3 is 43.7 Å². The van der Waals surface area contributed by atoms with E-state index in [4.69, 9.17) is 32.7 Å². The summed E-state index contributed by atoms with van der Waals surface area (Å²) >= 11 is 13.9. The molecule has 9 heteroatoms. The molecule has 10 rings (SSSR count). The summed E-state index contributed by atoms with van der Waals surface area (Å²) in [5, 5.41) is 31.1. The van der Waals surface area contributed by atoms with E-state index in [0.29, 0.717) is 74.8 Å². The summed E-state index contributed by atoms with van der Waals surface area (Å²) in [4.78, 5) is 0. The number of aromatic hydroxyl groups is 2. The van der Waals surface area contributed by atoms with Gasteiger partial charge in [-0.25, -0.2) is 0 Å². The number of nitrogens with zero attached hydrogens (tertiary/aromatic N) is 2. The first-order valence-corrected chi connectivity index (χ1v) is 27.8. The Morgan fingerprint density at radius 3 is 1.02 bits per heavy atom. The molecule has 0 unspecified atom stereocenters. The summed E-state index contributed by atoms with van der Waals surface area (Å²) < 4.78 is 18.0. The standard InChI is InChI=1S/C69H72Cl2N2O4.2CH3.Hf/c1-42-32-46(70)38-54(52-34-44(68(9,10)40-66(3,4)5)36-60(62(52)74)72-56-26-17-13-22-48(56)49-23-14-18-27-57(49)72)64(42)76-30-21-31-77-65-43(2)33-47(71)39-55(65)53-35-45(69(11,12)41-67(6,7)8)37-61(63(53)75)73-58-28-19-15-24-50(58)51-25-16-20-29-59(51)73;;;/h13-20,22-29,32-39,74-75H,21,30-31,40-41H2,1-12H3;2*1H3;/q;2*-1;. The van der Waals surface area contributed by atoms with Gasteiger partial charge in [0.1, 0.15) is 23.0 Å². The normalized spacial score (nSPS) is 12.2. The Kier molecular flexibility index (Phi) is 18.1. The first-order chi connectivity index (χ1) is 36.4. The van der Waals surface area contributed by atoms with Gasteiger partial charge in [-0.05, 0) is 143 Å². The van der Waals surface area contributed by atoms with E-state index in [1.54, 1.807) is 0 Å². The third-order valence-electron chi connectivity index (χ3n) is 15.2. The number of ether oxygens (including phenoxy) is 2. The molecule has 6 nitrogen and oxygen atoms in total. The summed E-state index contributed by atoms with van der Waals surface area (Å²) in [6, 6.07) is 49.8. The molecule has 10 aromatic rings. The largest absolute Gasteiger partial charge is 0.505 e. The molecule has 0 radical (unpaired) electrons. The van der Waals surface area contributed by atoms with Crippen molar-refractivity contribution in [2.75, 3.05) is 13.2 Å². The quantitative estimate of drug-likeness (QED) is 0.0647. The Morgan fingerprint density at radius 2 is 0.725 bits per heavy atom. The van der Waals surface area contributed by atoms with E-state index < -0.39 is 0 Å². The van der Waals surface area contributed by atoms with Gasteiger partial charge in [0, 0.05) is 86.1 Å². The van der Waals surface area contributed by atoms with Gasteiger partial charge in [0.2, 0.25) is 0 Å². The molecule has 0 aliphatic rings. The Balaban J connectivity index is 0.00000308. The monoisotopic (exact) mass is 1270 g/mol. The number of benzene rings is 8. The van der Waals surface area contributed by atoms with Crippen LogP contribution < -0.4 is 9.47 Å². The van der Waals surface area contributed by atoms with Crippen molar-refractivity contribution in [2.45, 2.75) is 113 Å². The van der Waals surface area contributed by atoms with Crippen LogP contribution in [0.15, 0.2) is 146 Å². The average Bonchev–Trinajstić information content (AvgIpc) is 3.89. The SMILES string of the molecule is Cc1cc(Cl)cc(-c2cc(C(C)(C)CC(C)(C)C)cc(-n3c4ccccc4c4ccccc43)c2O)c1OCCCOc1c(C)cc(Cl)cc1-c1cc(C(C)(C)CC(C)(C)C)cc(-n2c3ccccc3c3ccccc32)c1O.[CH3-].[CH3-].[Hf]. The van der Waals surface area contributed by atoms with Crippen LogP contribution in [-0.4, -0.2) is 32.6 Å². The van der Waals surface area contributed by atoms with Crippen molar-refractivity contribution in [2.24, 2.45) is 10.8 Å². The molecule has 0 spiro atoms. The molecule has 0 fully saturated rings. The van der Waals surface area contributed by atoms with E-state index in [2.05, 4.69) is 200 Å². The fraction of sp³-hybridized carbons (Fsp3) is 0.296. The van der Waals surface area contributed by atoms with Crippen molar-refractivity contribution in [3.05, 3.63) is 193 Å². The second kappa shape index (κ2) is 23.5. The Bertz CT molecular complexity index is 3550. The molecule has 2 aromatic heterocycles. The molecule has 0 atom stereocenters. The van der Waals surface area contributed by atoms with Crippen LogP contribution in [0.4, 0.5) is 0 Å². The molecule has 0 saturated carbocycles. The number of aryl methyl sites for hydroxylation is 2. The first-order valence-electron chi connectivity index (χ1n) is 27.0. The molecule has 2 N–H and O–H groups in total. The molecule has 2 heterocycles. The van der Waals surface area contributed by atoms with Crippen LogP contribution in [-0.2, 0) is 36.7 Å². The maximum Gasteiger partial charge on any atom is 0.147 e. The maximum atomic E-state index is 12.8. The smallest absolute Gasteiger partial charge is 0.147 e. The molecule has 416 valence electrons. The minimum Gasteiger partial charge on any atom is -0.505 e. The second-order valence-electron chi connectivity index (χ2n) is 25.0. The zero-order chi connectivity index (χ0) is 54.9. The minimum absolute atomic E-state index is 0. The van der Waals surface area contributed by atoms with Gasteiger partial charge in [-0.3, -0.25) is 0 Å². The zero-order valence-electron chi connectivity index (χ0n) is 49.3. The second-order valence-corrected chi connectivity index (χ2v) is 25.9. The number of hydrogen-bond acceptors (Lipinski definition) is 4. The zero-order valence-corrected chi connectivity index (χ0v) is 54.4. The fourth-order valence-corrected chi connectivity index (χ4v) is 13.2. The fourth-order valence-electron chi connectivity index (χ4n) is 12.6. The van der Waals surface area contributed by atoms with Crippen molar-refractivity contribution in [1.29, 1.82) is 0 Å². The van der Waals surface area contributed by atoms with E-state index in [1.165, 1.54) is 0 Å². The molecule has 0 amide bonds. The summed E-state index contributed by atoms with van der Waals surface area (Å²) in [6.07, 6.45) is 2.34. The third kappa shape index (κ3) is 12.0. The number of phenols is 2. The van der Waals surface area contributed by atoms with Gasteiger partial charge in [-0.2, -0.15) is 0 Å². The molecule has 0 aliphatic carbocycles. The van der Waals surface area contributed by atoms with Crippen molar-refractivity contribution >= 4 is 66.8 Å². The van der Waals surface area contributed by atoms with Crippen molar-refractivity contribution in [3.8, 4) is 56.6 Å². The summed E-state index contributed by atoms with van der Waals surface area (Å²) in [6.45, 7) is 27.4. The van der Waals surface area contributed by atoms with E-state index in [0.717, 1.165) is 78.7 Å². The topological polar surface area (TPSA) is 68.8 Å². The van der Waals surface area contributed by atoms with Gasteiger partial charge in [-0.15, -0.1) is 0 Å². The van der Waals surface area contributed by atoms with Gasteiger partial charge >= 0.3 is 0 Å². The van der Waals surface area contributed by atoms with Crippen LogP contribution in [0.2, 0.25) is 10.0 Å². The van der Waals surface area contributed by atoms with E-state index in [-0.39, 0.29) is 73.9 Å². The number of hydrogen-bond donors (Lipinski definition) is 2. The number of halogens is 2. The Hall–Kier alpha value is -5.99. The van der Waals surface area contributed by atoms with Crippen LogP contribution in [0.25, 0.3) is 77.2 Å². The van der Waals surface area contributed by atoms with Crippen LogP contribution in [0.5, 0.6) is 23.0 Å². The maximum absolute atomic E-state index is 12.8. The van der Waals surface area contributed by atoms with Crippen LogP contribution in [0.1, 0.15) is 111 Å². The van der Waals surface area contributed by atoms with Crippen LogP contribution >= 0.6 is 23.2 Å². The van der Waals surface area contributed by atoms with E-state index in [1.807, 2.05) is 38.1 Å². The molecule has 8 aromatic carbocycles. The summed E-state index contributed by atoms with van der Waals surface area (Å²) in [5.41, 5.74) is 11.6. The molecule has 80 heavy (non-hydrogen) atoms. The number of para-hydroxylation sites is 4. The number of phenolic OH excluding ortho intramolecular Hbond substituents is 2. The molecule has 0 aliphatic heterocycles. The van der Waals surface area contributed by atoms with Gasteiger partial charge in [0.25, 0.3) is 0 Å². The average molecular weight is 1270 g/mol. The Labute approximate surface area is 504 Å². The number of fused-ring (bicyclic) bond motifs is 6.